The first kappa shape index (κ1) is 15.9. The molecule has 4 rings (SSSR count). The van der Waals surface area contributed by atoms with E-state index in [4.69, 9.17) is 0 Å². The third-order valence-electron chi connectivity index (χ3n) is 4.97. The van der Waals surface area contributed by atoms with Crippen molar-refractivity contribution in [2.75, 3.05) is 29.9 Å². The number of hydrogen-bond donors (Lipinski definition) is 2. The summed E-state index contributed by atoms with van der Waals surface area (Å²) in [6.45, 7) is 2.99. The molecule has 6 heteroatoms. The van der Waals surface area contributed by atoms with Gasteiger partial charge in [-0.3, -0.25) is 9.38 Å². The fourth-order valence-corrected chi connectivity index (χ4v) is 3.47. The molecule has 2 N–H and O–H groups in total. The molecule has 0 saturated carbocycles. The van der Waals surface area contributed by atoms with Crippen molar-refractivity contribution >= 4 is 17.0 Å². The standard InChI is InChI=1S/C19H23N5O/c25-14-15-5-8-23(9-6-15)18-4-2-1-3-17(18)21-11-16-12-22-19-13-20-7-10-24(16)19/h1-4,7,10,12-13,15,21,25H,5-6,8-9,11,14H2. The van der Waals surface area contributed by atoms with Gasteiger partial charge in [0.2, 0.25) is 0 Å². The number of rotatable bonds is 5. The number of anilines is 2. The van der Waals surface area contributed by atoms with Crippen LogP contribution in [0.5, 0.6) is 0 Å². The van der Waals surface area contributed by atoms with Gasteiger partial charge in [-0.1, -0.05) is 12.1 Å². The van der Waals surface area contributed by atoms with Crippen LogP contribution in [0.4, 0.5) is 11.4 Å². The van der Waals surface area contributed by atoms with Crippen LogP contribution in [0.3, 0.4) is 0 Å². The molecule has 1 aliphatic rings. The largest absolute Gasteiger partial charge is 0.396 e. The van der Waals surface area contributed by atoms with Crippen LogP contribution in [0.2, 0.25) is 0 Å². The lowest BCUT2D eigenvalue weighted by atomic mass is 9.97. The minimum Gasteiger partial charge on any atom is -0.396 e. The van der Waals surface area contributed by atoms with E-state index < -0.39 is 0 Å². The molecule has 0 unspecified atom stereocenters. The number of nitrogens with zero attached hydrogens (tertiary/aromatic N) is 4. The quantitative estimate of drug-likeness (QED) is 0.749. The van der Waals surface area contributed by atoms with Gasteiger partial charge in [-0.2, -0.15) is 0 Å². The first-order valence-corrected chi connectivity index (χ1v) is 8.80. The van der Waals surface area contributed by atoms with E-state index in [0.29, 0.717) is 19.1 Å². The number of piperidine rings is 1. The zero-order chi connectivity index (χ0) is 17.1. The van der Waals surface area contributed by atoms with E-state index in [2.05, 4.69) is 48.9 Å². The number of hydrogen-bond acceptors (Lipinski definition) is 5. The van der Waals surface area contributed by atoms with E-state index in [1.54, 1.807) is 12.4 Å². The highest BCUT2D eigenvalue weighted by Crippen LogP contribution is 2.30. The van der Waals surface area contributed by atoms with E-state index in [0.717, 1.165) is 43.0 Å². The molecular formula is C19H23N5O. The Hall–Kier alpha value is -2.60. The maximum Gasteiger partial charge on any atom is 0.155 e. The van der Waals surface area contributed by atoms with Crippen molar-refractivity contribution in [3.8, 4) is 0 Å². The van der Waals surface area contributed by atoms with Crippen LogP contribution >= 0.6 is 0 Å². The summed E-state index contributed by atoms with van der Waals surface area (Å²) >= 11 is 0. The van der Waals surface area contributed by atoms with Crippen molar-refractivity contribution < 1.29 is 5.11 Å². The summed E-state index contributed by atoms with van der Waals surface area (Å²) in [6.07, 6.45) is 9.46. The number of aliphatic hydroxyl groups is 1. The molecule has 1 aliphatic heterocycles. The Kier molecular flexibility index (Phi) is 4.52. The van der Waals surface area contributed by atoms with E-state index in [1.807, 2.05) is 12.4 Å². The fraction of sp³-hybridized carbons (Fsp3) is 0.368. The fourth-order valence-electron chi connectivity index (χ4n) is 3.47. The Balaban J connectivity index is 1.50. The van der Waals surface area contributed by atoms with Gasteiger partial charge in [-0.25, -0.2) is 4.98 Å². The third kappa shape index (κ3) is 3.30. The highest BCUT2D eigenvalue weighted by Gasteiger charge is 2.20. The van der Waals surface area contributed by atoms with Gasteiger partial charge in [0.05, 0.1) is 36.0 Å². The van der Waals surface area contributed by atoms with Crippen molar-refractivity contribution in [1.82, 2.24) is 14.4 Å². The molecule has 25 heavy (non-hydrogen) atoms. The number of fused-ring (bicyclic) bond motifs is 1. The summed E-state index contributed by atoms with van der Waals surface area (Å²) in [5.74, 6) is 0.447. The van der Waals surface area contributed by atoms with Gasteiger partial charge >= 0.3 is 0 Å². The normalized spacial score (nSPS) is 15.6. The lowest BCUT2D eigenvalue weighted by Crippen LogP contribution is -2.35. The molecule has 0 bridgehead atoms. The van der Waals surface area contributed by atoms with Gasteiger partial charge in [-0.15, -0.1) is 0 Å². The van der Waals surface area contributed by atoms with Crippen molar-refractivity contribution in [3.63, 3.8) is 0 Å². The van der Waals surface area contributed by atoms with E-state index in [-0.39, 0.29) is 0 Å². The summed E-state index contributed by atoms with van der Waals surface area (Å²) in [7, 11) is 0. The molecule has 6 nitrogen and oxygen atoms in total. The summed E-state index contributed by atoms with van der Waals surface area (Å²) in [6, 6.07) is 8.43. The second-order valence-corrected chi connectivity index (χ2v) is 6.54. The zero-order valence-corrected chi connectivity index (χ0v) is 14.2. The van der Waals surface area contributed by atoms with Crippen molar-refractivity contribution in [2.24, 2.45) is 5.92 Å². The number of imidazole rings is 1. The van der Waals surface area contributed by atoms with Gasteiger partial charge in [0.15, 0.2) is 5.65 Å². The second-order valence-electron chi connectivity index (χ2n) is 6.54. The number of nitrogens with one attached hydrogen (secondary N) is 1. The monoisotopic (exact) mass is 337 g/mol. The average Bonchev–Trinajstić information content (AvgIpc) is 3.10. The summed E-state index contributed by atoms with van der Waals surface area (Å²) < 4.78 is 2.05. The molecule has 130 valence electrons. The topological polar surface area (TPSA) is 65.7 Å². The predicted octanol–water partition coefficient (Wildman–Crippen LogP) is 2.55. The highest BCUT2D eigenvalue weighted by molar-refractivity contribution is 5.70. The molecule has 1 saturated heterocycles. The summed E-state index contributed by atoms with van der Waals surface area (Å²) in [4.78, 5) is 10.9. The maximum atomic E-state index is 9.34. The Morgan fingerprint density at radius 3 is 2.84 bits per heavy atom. The van der Waals surface area contributed by atoms with Crippen molar-refractivity contribution in [1.29, 1.82) is 0 Å². The maximum absolute atomic E-state index is 9.34. The minimum atomic E-state index is 0.302. The Morgan fingerprint density at radius 2 is 2.00 bits per heavy atom. The van der Waals surface area contributed by atoms with Gasteiger partial charge in [0.1, 0.15) is 0 Å². The molecule has 2 aromatic heterocycles. The number of aromatic nitrogens is 3. The van der Waals surface area contributed by atoms with Gasteiger partial charge < -0.3 is 15.3 Å². The SMILES string of the molecule is OCC1CCN(c2ccccc2NCc2cnc3cnccn23)CC1. The summed E-state index contributed by atoms with van der Waals surface area (Å²) in [5, 5.41) is 12.9. The van der Waals surface area contributed by atoms with Crippen molar-refractivity contribution in [2.45, 2.75) is 19.4 Å². The average molecular weight is 337 g/mol. The molecular weight excluding hydrogens is 314 g/mol. The van der Waals surface area contributed by atoms with E-state index in [1.165, 1.54) is 5.69 Å². The van der Waals surface area contributed by atoms with E-state index >= 15 is 0 Å². The first-order chi connectivity index (χ1) is 12.3. The van der Waals surface area contributed by atoms with Crippen LogP contribution in [0, 0.1) is 5.92 Å². The molecule has 0 amide bonds. The number of aliphatic hydroxyl groups excluding tert-OH is 1. The molecule has 3 aromatic rings. The minimum absolute atomic E-state index is 0.302. The number of para-hydroxylation sites is 2. The third-order valence-corrected chi connectivity index (χ3v) is 4.97. The van der Waals surface area contributed by atoms with Crippen molar-refractivity contribution in [3.05, 3.63) is 54.7 Å². The number of benzene rings is 1. The van der Waals surface area contributed by atoms with Gasteiger partial charge in [0.25, 0.3) is 0 Å². The summed E-state index contributed by atoms with van der Waals surface area (Å²) in [5.41, 5.74) is 4.33. The van der Waals surface area contributed by atoms with Gasteiger partial charge in [0, 0.05) is 32.1 Å². The Morgan fingerprint density at radius 1 is 1.16 bits per heavy atom. The highest BCUT2D eigenvalue weighted by atomic mass is 16.3. The molecule has 1 aromatic carbocycles. The second kappa shape index (κ2) is 7.11. The van der Waals surface area contributed by atoms with Crippen LogP contribution in [0.25, 0.3) is 5.65 Å². The van der Waals surface area contributed by atoms with Crippen LogP contribution < -0.4 is 10.2 Å². The lowest BCUT2D eigenvalue weighted by Gasteiger charge is -2.34. The van der Waals surface area contributed by atoms with E-state index in [9.17, 15) is 5.11 Å². The zero-order valence-electron chi connectivity index (χ0n) is 14.2. The first-order valence-electron chi connectivity index (χ1n) is 8.80. The smallest absolute Gasteiger partial charge is 0.155 e. The Labute approximate surface area is 147 Å². The van der Waals surface area contributed by atoms with Crippen LogP contribution in [0.1, 0.15) is 18.5 Å². The molecule has 0 aliphatic carbocycles. The lowest BCUT2D eigenvalue weighted by molar-refractivity contribution is 0.203. The van der Waals surface area contributed by atoms with Gasteiger partial charge in [-0.05, 0) is 30.9 Å². The predicted molar refractivity (Wildman–Crippen MR) is 98.8 cm³/mol. The van der Waals surface area contributed by atoms with Crippen LogP contribution in [-0.4, -0.2) is 39.2 Å². The molecule has 3 heterocycles. The molecule has 0 radical (unpaired) electrons. The van der Waals surface area contributed by atoms with Crippen LogP contribution in [0.15, 0.2) is 49.1 Å². The molecule has 0 spiro atoms. The molecule has 0 atom stereocenters. The van der Waals surface area contributed by atoms with Crippen LogP contribution in [-0.2, 0) is 6.54 Å². The molecule has 1 fully saturated rings. The Bertz CT molecular complexity index is 838.